The Hall–Kier alpha value is -2.06. The smallest absolute Gasteiger partial charge is 0.341 e. The van der Waals surface area contributed by atoms with Gasteiger partial charge in [0.05, 0.1) is 11.5 Å². The van der Waals surface area contributed by atoms with Crippen molar-refractivity contribution in [3.63, 3.8) is 0 Å². The molecule has 0 bridgehead atoms. The molecule has 6 nitrogen and oxygen atoms in total. The lowest BCUT2D eigenvalue weighted by Crippen LogP contribution is -2.39. The van der Waals surface area contributed by atoms with Crippen LogP contribution in [0.25, 0.3) is 6.08 Å². The van der Waals surface area contributed by atoms with Crippen molar-refractivity contribution in [2.24, 2.45) is 0 Å². The Morgan fingerprint density at radius 1 is 1.29 bits per heavy atom. The standard InChI is InChI=1S/C20H23NO5S2/c1-2-25-16-10-13(8-9-15(16)26-12-18(22)23)11-17-19(24)21(20(27)28-17)14-6-4-3-5-7-14/h8-11,14H,2-7,12H2,1H3,(H,22,23)/b17-11+. The van der Waals surface area contributed by atoms with Crippen LogP contribution in [0.4, 0.5) is 0 Å². The van der Waals surface area contributed by atoms with Gasteiger partial charge in [0.25, 0.3) is 5.91 Å². The molecule has 0 aromatic heterocycles. The number of hydrogen-bond acceptors (Lipinski definition) is 6. The van der Waals surface area contributed by atoms with E-state index < -0.39 is 12.6 Å². The lowest BCUT2D eigenvalue weighted by atomic mass is 9.94. The van der Waals surface area contributed by atoms with E-state index in [2.05, 4.69) is 0 Å². The Kier molecular flexibility index (Phi) is 6.96. The van der Waals surface area contributed by atoms with Gasteiger partial charge in [-0.25, -0.2) is 4.79 Å². The molecule has 0 spiro atoms. The molecule has 1 heterocycles. The third-order valence-electron chi connectivity index (χ3n) is 4.68. The number of carboxylic acid groups (broad SMARTS) is 1. The van der Waals surface area contributed by atoms with Crippen molar-refractivity contribution in [1.29, 1.82) is 0 Å². The molecule has 2 fully saturated rings. The van der Waals surface area contributed by atoms with E-state index in [1.165, 1.54) is 18.2 Å². The Morgan fingerprint density at radius 3 is 2.71 bits per heavy atom. The SMILES string of the molecule is CCOc1cc(/C=C2/SC(=S)N(C3CCCCC3)C2=O)ccc1OCC(=O)O. The fraction of sp³-hybridized carbons (Fsp3) is 0.450. The van der Waals surface area contributed by atoms with Crippen molar-refractivity contribution < 1.29 is 24.2 Å². The summed E-state index contributed by atoms with van der Waals surface area (Å²) < 4.78 is 11.4. The van der Waals surface area contributed by atoms with Gasteiger partial charge in [0.15, 0.2) is 18.1 Å². The zero-order valence-electron chi connectivity index (χ0n) is 15.7. The molecular formula is C20H23NO5S2. The maximum atomic E-state index is 12.9. The van der Waals surface area contributed by atoms with Crippen LogP contribution in [0, 0.1) is 0 Å². The number of amides is 1. The first-order chi connectivity index (χ1) is 13.5. The Bertz CT molecular complexity index is 802. The number of carboxylic acids is 1. The normalized spacial score (nSPS) is 19.3. The summed E-state index contributed by atoms with van der Waals surface area (Å²) in [7, 11) is 0. The molecule has 28 heavy (non-hydrogen) atoms. The fourth-order valence-electron chi connectivity index (χ4n) is 3.43. The molecule has 3 rings (SSSR count). The van der Waals surface area contributed by atoms with Crippen molar-refractivity contribution >= 4 is 46.3 Å². The summed E-state index contributed by atoms with van der Waals surface area (Å²) in [5.41, 5.74) is 0.773. The van der Waals surface area contributed by atoms with E-state index in [0.717, 1.165) is 31.2 Å². The summed E-state index contributed by atoms with van der Waals surface area (Å²) in [5.74, 6) is -0.291. The van der Waals surface area contributed by atoms with Gasteiger partial charge >= 0.3 is 5.97 Å². The summed E-state index contributed by atoms with van der Waals surface area (Å²) in [6, 6.07) is 5.38. The molecule has 8 heteroatoms. The highest BCUT2D eigenvalue weighted by molar-refractivity contribution is 8.26. The predicted molar refractivity (Wildman–Crippen MR) is 113 cm³/mol. The minimum absolute atomic E-state index is 0.0361. The second-order valence-corrected chi connectivity index (χ2v) is 8.34. The highest BCUT2D eigenvalue weighted by Crippen LogP contribution is 2.38. The minimum Gasteiger partial charge on any atom is -0.490 e. The van der Waals surface area contributed by atoms with Gasteiger partial charge in [-0.3, -0.25) is 9.69 Å². The topological polar surface area (TPSA) is 76.1 Å². The van der Waals surface area contributed by atoms with E-state index in [4.69, 9.17) is 26.8 Å². The van der Waals surface area contributed by atoms with Gasteiger partial charge in [-0.15, -0.1) is 0 Å². The van der Waals surface area contributed by atoms with Crippen LogP contribution in [0.5, 0.6) is 11.5 Å². The molecule has 0 unspecified atom stereocenters. The molecule has 1 aliphatic carbocycles. The second-order valence-electron chi connectivity index (χ2n) is 6.67. The monoisotopic (exact) mass is 421 g/mol. The molecule has 1 aliphatic heterocycles. The van der Waals surface area contributed by atoms with Gasteiger partial charge in [0.1, 0.15) is 4.32 Å². The molecule has 1 saturated carbocycles. The van der Waals surface area contributed by atoms with Crippen LogP contribution in [0.1, 0.15) is 44.6 Å². The second kappa shape index (κ2) is 9.43. The molecule has 1 amide bonds. The van der Waals surface area contributed by atoms with Crippen molar-refractivity contribution in [3.8, 4) is 11.5 Å². The highest BCUT2D eigenvalue weighted by atomic mass is 32.2. The van der Waals surface area contributed by atoms with Crippen LogP contribution < -0.4 is 9.47 Å². The molecule has 0 atom stereocenters. The number of ether oxygens (including phenoxy) is 2. The summed E-state index contributed by atoms with van der Waals surface area (Å²) in [5, 5.41) is 8.79. The van der Waals surface area contributed by atoms with Gasteiger partial charge in [-0.05, 0) is 43.5 Å². The number of rotatable bonds is 7. The first-order valence-corrected chi connectivity index (χ1v) is 10.6. The Labute approximate surface area is 173 Å². The van der Waals surface area contributed by atoms with E-state index in [9.17, 15) is 9.59 Å². The zero-order valence-corrected chi connectivity index (χ0v) is 17.3. The van der Waals surface area contributed by atoms with E-state index >= 15 is 0 Å². The van der Waals surface area contributed by atoms with Crippen molar-refractivity contribution in [3.05, 3.63) is 28.7 Å². The number of aliphatic carboxylic acids is 1. The molecule has 0 radical (unpaired) electrons. The van der Waals surface area contributed by atoms with Crippen LogP contribution in [0.15, 0.2) is 23.1 Å². The van der Waals surface area contributed by atoms with Crippen LogP contribution in [-0.2, 0) is 9.59 Å². The molecule has 150 valence electrons. The Morgan fingerprint density at radius 2 is 2.04 bits per heavy atom. The number of thiocarbonyl (C=S) groups is 1. The number of thioether (sulfide) groups is 1. The first kappa shape index (κ1) is 20.7. The van der Waals surface area contributed by atoms with Crippen LogP contribution in [-0.4, -0.2) is 45.5 Å². The van der Waals surface area contributed by atoms with E-state index in [1.807, 2.05) is 6.92 Å². The largest absolute Gasteiger partial charge is 0.490 e. The van der Waals surface area contributed by atoms with E-state index in [1.54, 1.807) is 29.2 Å². The van der Waals surface area contributed by atoms with Gasteiger partial charge in [-0.1, -0.05) is 49.3 Å². The third kappa shape index (κ3) is 4.86. The molecular weight excluding hydrogens is 398 g/mol. The number of hydrogen-bond donors (Lipinski definition) is 1. The molecule has 1 saturated heterocycles. The number of benzene rings is 1. The number of carbonyl (C=O) groups is 2. The summed E-state index contributed by atoms with van der Waals surface area (Å²) in [4.78, 5) is 26.0. The molecule has 1 aromatic carbocycles. The van der Waals surface area contributed by atoms with Gasteiger partial charge in [0, 0.05) is 6.04 Å². The van der Waals surface area contributed by atoms with Crippen molar-refractivity contribution in [1.82, 2.24) is 4.90 Å². The average molecular weight is 422 g/mol. The van der Waals surface area contributed by atoms with E-state index in [0.29, 0.717) is 27.3 Å². The highest BCUT2D eigenvalue weighted by Gasteiger charge is 2.37. The van der Waals surface area contributed by atoms with E-state index in [-0.39, 0.29) is 11.9 Å². The van der Waals surface area contributed by atoms with Gasteiger partial charge in [0.2, 0.25) is 0 Å². The molecule has 2 aliphatic rings. The average Bonchev–Trinajstić information content (AvgIpc) is 2.95. The van der Waals surface area contributed by atoms with Crippen molar-refractivity contribution in [2.75, 3.05) is 13.2 Å². The summed E-state index contributed by atoms with van der Waals surface area (Å²) in [6.45, 7) is 1.80. The van der Waals surface area contributed by atoms with Crippen molar-refractivity contribution in [2.45, 2.75) is 45.1 Å². The molecule has 1 aromatic rings. The number of nitrogens with zero attached hydrogens (tertiary/aromatic N) is 1. The van der Waals surface area contributed by atoms with Crippen LogP contribution in [0.3, 0.4) is 0 Å². The lowest BCUT2D eigenvalue weighted by molar-refractivity contribution is -0.139. The zero-order chi connectivity index (χ0) is 20.1. The minimum atomic E-state index is -1.06. The molecule has 1 N–H and O–H groups in total. The van der Waals surface area contributed by atoms with Crippen LogP contribution >= 0.6 is 24.0 Å². The predicted octanol–water partition coefficient (Wildman–Crippen LogP) is 4.08. The third-order valence-corrected chi connectivity index (χ3v) is 6.01. The Balaban J connectivity index is 1.80. The maximum absolute atomic E-state index is 12.9. The van der Waals surface area contributed by atoms with Crippen LogP contribution in [0.2, 0.25) is 0 Å². The van der Waals surface area contributed by atoms with Gasteiger partial charge in [-0.2, -0.15) is 0 Å². The quantitative estimate of drug-likeness (QED) is 0.525. The summed E-state index contributed by atoms with van der Waals surface area (Å²) in [6.07, 6.45) is 7.30. The fourth-order valence-corrected chi connectivity index (χ4v) is 4.83. The van der Waals surface area contributed by atoms with Gasteiger partial charge < -0.3 is 14.6 Å². The lowest BCUT2D eigenvalue weighted by Gasteiger charge is -2.29. The summed E-state index contributed by atoms with van der Waals surface area (Å²) >= 11 is 6.79. The maximum Gasteiger partial charge on any atom is 0.341 e. The first-order valence-electron chi connectivity index (χ1n) is 9.38. The number of carbonyl (C=O) groups excluding carboxylic acids is 1.